The van der Waals surface area contributed by atoms with Crippen LogP contribution in [0.5, 0.6) is 0 Å². The van der Waals surface area contributed by atoms with Crippen LogP contribution < -0.4 is 0 Å². The van der Waals surface area contributed by atoms with E-state index in [0.717, 1.165) is 47.3 Å². The molecule has 0 radical (unpaired) electrons. The maximum Gasteiger partial charge on any atom is 0.253 e. The molecule has 1 aromatic carbocycles. The number of nitrogens with one attached hydrogen (secondary N) is 1. The van der Waals surface area contributed by atoms with Crippen molar-refractivity contribution in [3.8, 4) is 0 Å². The minimum absolute atomic E-state index is 0.178. The minimum atomic E-state index is 0.178. The predicted octanol–water partition coefficient (Wildman–Crippen LogP) is 3.91. The first-order chi connectivity index (χ1) is 11.2. The van der Waals surface area contributed by atoms with Gasteiger partial charge in [0, 0.05) is 18.7 Å². The van der Waals surface area contributed by atoms with Crippen molar-refractivity contribution >= 4 is 16.9 Å². The number of fused-ring (bicyclic) bond motifs is 1. The van der Waals surface area contributed by atoms with Gasteiger partial charge in [0.1, 0.15) is 5.82 Å². The summed E-state index contributed by atoms with van der Waals surface area (Å²) in [5.74, 6) is 2.64. The molecule has 1 saturated carbocycles. The largest absolute Gasteiger partial charge is 0.342 e. The number of rotatable bonds is 2. The fraction of sp³-hybridized carbons (Fsp3) is 0.579. The van der Waals surface area contributed by atoms with Crippen molar-refractivity contribution in [1.29, 1.82) is 0 Å². The van der Waals surface area contributed by atoms with Crippen LogP contribution in [0.2, 0.25) is 0 Å². The molecule has 2 heterocycles. The topological polar surface area (TPSA) is 49.0 Å². The zero-order valence-corrected chi connectivity index (χ0v) is 13.8. The fourth-order valence-electron chi connectivity index (χ4n) is 4.41. The van der Waals surface area contributed by atoms with Crippen molar-refractivity contribution in [2.75, 3.05) is 13.1 Å². The Bertz CT molecular complexity index is 714. The number of carbonyl (C=O) groups is 1. The third kappa shape index (κ3) is 2.87. The molecule has 1 N–H and O–H groups in total. The van der Waals surface area contributed by atoms with Crippen LogP contribution in [0.15, 0.2) is 18.2 Å². The molecule has 1 amide bonds. The number of benzene rings is 1. The van der Waals surface area contributed by atoms with E-state index in [1.807, 2.05) is 25.1 Å². The summed E-state index contributed by atoms with van der Waals surface area (Å²) in [6, 6.07) is 5.81. The molecule has 2 aromatic rings. The van der Waals surface area contributed by atoms with Crippen LogP contribution in [0.4, 0.5) is 0 Å². The zero-order chi connectivity index (χ0) is 15.8. The monoisotopic (exact) mass is 311 g/mol. The fourth-order valence-corrected chi connectivity index (χ4v) is 4.41. The summed E-state index contributed by atoms with van der Waals surface area (Å²) in [5.41, 5.74) is 2.67. The summed E-state index contributed by atoms with van der Waals surface area (Å²) in [6.07, 6.45) is 8.07. The second-order valence-electron chi connectivity index (χ2n) is 7.25. The average molecular weight is 311 g/mol. The van der Waals surface area contributed by atoms with E-state index >= 15 is 0 Å². The van der Waals surface area contributed by atoms with Gasteiger partial charge in [-0.1, -0.05) is 32.1 Å². The third-order valence-corrected chi connectivity index (χ3v) is 5.68. The third-order valence-electron chi connectivity index (χ3n) is 5.68. The van der Waals surface area contributed by atoms with Crippen LogP contribution in [-0.2, 0) is 0 Å². The Morgan fingerprint density at radius 2 is 2.00 bits per heavy atom. The first kappa shape index (κ1) is 14.7. The number of hydrogen-bond donors (Lipinski definition) is 1. The van der Waals surface area contributed by atoms with E-state index in [1.54, 1.807) is 0 Å². The lowest BCUT2D eigenvalue weighted by Crippen LogP contribution is -2.30. The predicted molar refractivity (Wildman–Crippen MR) is 91.4 cm³/mol. The smallest absolute Gasteiger partial charge is 0.253 e. The van der Waals surface area contributed by atoms with Crippen molar-refractivity contribution in [2.24, 2.45) is 11.8 Å². The first-order valence-electron chi connectivity index (χ1n) is 8.96. The summed E-state index contributed by atoms with van der Waals surface area (Å²) in [4.78, 5) is 22.5. The molecule has 4 rings (SSSR count). The molecule has 1 atom stereocenters. The van der Waals surface area contributed by atoms with E-state index in [-0.39, 0.29) is 5.91 Å². The summed E-state index contributed by atoms with van der Waals surface area (Å²) in [5, 5.41) is 0. The lowest BCUT2D eigenvalue weighted by molar-refractivity contribution is 0.0780. The van der Waals surface area contributed by atoms with Gasteiger partial charge in [0.05, 0.1) is 11.0 Å². The van der Waals surface area contributed by atoms with Crippen LogP contribution in [0.1, 0.15) is 54.7 Å². The highest BCUT2D eigenvalue weighted by Crippen LogP contribution is 2.35. The highest BCUT2D eigenvalue weighted by molar-refractivity contribution is 5.97. The molecule has 1 saturated heterocycles. The number of likely N-dealkylation sites (tertiary alicyclic amines) is 1. The number of aryl methyl sites for hydroxylation is 1. The van der Waals surface area contributed by atoms with Gasteiger partial charge in [0.25, 0.3) is 5.91 Å². The van der Waals surface area contributed by atoms with Crippen molar-refractivity contribution in [3.05, 3.63) is 29.6 Å². The normalized spacial score (nSPS) is 22.8. The lowest BCUT2D eigenvalue weighted by atomic mass is 9.80. The Labute approximate surface area is 137 Å². The molecule has 4 heteroatoms. The van der Waals surface area contributed by atoms with Gasteiger partial charge in [0.15, 0.2) is 0 Å². The van der Waals surface area contributed by atoms with Gasteiger partial charge in [-0.25, -0.2) is 4.98 Å². The SMILES string of the molecule is Cc1nc2ccc(C(=O)N3CCC(C4CCCCC4)C3)cc2[nH]1. The second-order valence-corrected chi connectivity index (χ2v) is 7.25. The molecule has 4 nitrogen and oxygen atoms in total. The highest BCUT2D eigenvalue weighted by atomic mass is 16.2. The maximum atomic E-state index is 12.8. The molecule has 0 spiro atoms. The van der Waals surface area contributed by atoms with Crippen molar-refractivity contribution in [3.63, 3.8) is 0 Å². The molecule has 122 valence electrons. The van der Waals surface area contributed by atoms with Crippen LogP contribution in [-0.4, -0.2) is 33.9 Å². The number of aromatic amines is 1. The summed E-state index contributed by atoms with van der Waals surface area (Å²) in [7, 11) is 0. The molecule has 0 bridgehead atoms. The van der Waals surface area contributed by atoms with Gasteiger partial charge in [0.2, 0.25) is 0 Å². The Hall–Kier alpha value is -1.84. The Morgan fingerprint density at radius 3 is 2.83 bits per heavy atom. The van der Waals surface area contributed by atoms with Crippen LogP contribution in [0.25, 0.3) is 11.0 Å². The van der Waals surface area contributed by atoms with Gasteiger partial charge in [-0.15, -0.1) is 0 Å². The van der Waals surface area contributed by atoms with Crippen LogP contribution in [0, 0.1) is 18.8 Å². The Balaban J connectivity index is 1.47. The number of nitrogens with zero attached hydrogens (tertiary/aromatic N) is 2. The quantitative estimate of drug-likeness (QED) is 0.914. The van der Waals surface area contributed by atoms with Crippen molar-refractivity contribution in [1.82, 2.24) is 14.9 Å². The van der Waals surface area contributed by atoms with E-state index in [9.17, 15) is 4.79 Å². The molecule has 1 aliphatic carbocycles. The number of amides is 1. The molecule has 2 fully saturated rings. The lowest BCUT2D eigenvalue weighted by Gasteiger charge is -2.27. The number of H-pyrrole nitrogens is 1. The van der Waals surface area contributed by atoms with E-state index in [2.05, 4.69) is 14.9 Å². The van der Waals surface area contributed by atoms with Crippen LogP contribution >= 0.6 is 0 Å². The van der Waals surface area contributed by atoms with Crippen molar-refractivity contribution in [2.45, 2.75) is 45.4 Å². The summed E-state index contributed by atoms with van der Waals surface area (Å²) in [6.45, 7) is 3.81. The molecule has 1 aromatic heterocycles. The Morgan fingerprint density at radius 1 is 1.17 bits per heavy atom. The van der Waals surface area contributed by atoms with Gasteiger partial charge >= 0.3 is 0 Å². The maximum absolute atomic E-state index is 12.8. The van der Waals surface area contributed by atoms with Gasteiger partial charge in [-0.3, -0.25) is 4.79 Å². The number of carbonyl (C=O) groups excluding carboxylic acids is 1. The molecule has 1 aliphatic heterocycles. The van der Waals surface area contributed by atoms with E-state index in [4.69, 9.17) is 0 Å². The van der Waals surface area contributed by atoms with Gasteiger partial charge < -0.3 is 9.88 Å². The van der Waals surface area contributed by atoms with Crippen molar-refractivity contribution < 1.29 is 4.79 Å². The number of hydrogen-bond acceptors (Lipinski definition) is 2. The molecule has 2 aliphatic rings. The first-order valence-corrected chi connectivity index (χ1v) is 8.96. The molecular formula is C19H25N3O. The van der Waals surface area contributed by atoms with Gasteiger partial charge in [-0.2, -0.15) is 0 Å². The zero-order valence-electron chi connectivity index (χ0n) is 13.8. The summed E-state index contributed by atoms with van der Waals surface area (Å²) >= 11 is 0. The van der Waals surface area contributed by atoms with E-state index in [0.29, 0.717) is 0 Å². The van der Waals surface area contributed by atoms with Crippen LogP contribution in [0.3, 0.4) is 0 Å². The molecule has 1 unspecified atom stereocenters. The number of aromatic nitrogens is 2. The van der Waals surface area contributed by atoms with Gasteiger partial charge in [-0.05, 0) is 43.4 Å². The number of imidazole rings is 1. The standard InChI is InChI=1S/C19H25N3O/c1-13-20-17-8-7-15(11-18(17)21-13)19(23)22-10-9-16(12-22)14-5-3-2-4-6-14/h7-8,11,14,16H,2-6,9-10,12H2,1H3,(H,20,21). The average Bonchev–Trinajstić information content (AvgIpc) is 3.20. The van der Waals surface area contributed by atoms with E-state index in [1.165, 1.54) is 38.5 Å². The van der Waals surface area contributed by atoms with E-state index < -0.39 is 0 Å². The minimum Gasteiger partial charge on any atom is -0.342 e. The highest BCUT2D eigenvalue weighted by Gasteiger charge is 2.32. The Kier molecular flexibility index (Phi) is 3.83. The summed E-state index contributed by atoms with van der Waals surface area (Å²) < 4.78 is 0. The second kappa shape index (κ2) is 5.99. The molecule has 23 heavy (non-hydrogen) atoms. The molecular weight excluding hydrogens is 286 g/mol.